The lowest BCUT2D eigenvalue weighted by Gasteiger charge is -2.37. The van der Waals surface area contributed by atoms with Crippen LogP contribution < -0.4 is 5.32 Å². The lowest BCUT2D eigenvalue weighted by molar-refractivity contribution is -0.165. The summed E-state index contributed by atoms with van der Waals surface area (Å²) in [5.41, 5.74) is 2.68. The highest BCUT2D eigenvalue weighted by molar-refractivity contribution is 5.86. The summed E-state index contributed by atoms with van der Waals surface area (Å²) < 4.78 is 5.58. The smallest absolute Gasteiger partial charge is 0.407 e. The van der Waals surface area contributed by atoms with Gasteiger partial charge in [-0.25, -0.2) is 9.59 Å². The highest BCUT2D eigenvalue weighted by Crippen LogP contribution is 2.44. The molecule has 1 fully saturated rings. The van der Waals surface area contributed by atoms with Crippen LogP contribution in [-0.2, 0) is 14.3 Å². The van der Waals surface area contributed by atoms with E-state index in [1.54, 1.807) is 0 Å². The van der Waals surface area contributed by atoms with Gasteiger partial charge in [0.1, 0.15) is 12.6 Å². The minimum Gasteiger partial charge on any atom is -0.479 e. The van der Waals surface area contributed by atoms with Gasteiger partial charge in [0.25, 0.3) is 0 Å². The van der Waals surface area contributed by atoms with Crippen molar-refractivity contribution in [1.82, 2.24) is 10.2 Å². The highest BCUT2D eigenvalue weighted by Gasteiger charge is 2.41. The number of rotatable bonds is 7. The van der Waals surface area contributed by atoms with E-state index in [9.17, 15) is 24.6 Å². The Morgan fingerprint density at radius 2 is 1.62 bits per heavy atom. The summed E-state index contributed by atoms with van der Waals surface area (Å²) in [7, 11) is 0. The van der Waals surface area contributed by atoms with Crippen molar-refractivity contribution in [3.8, 4) is 11.1 Å². The van der Waals surface area contributed by atoms with E-state index in [-0.39, 0.29) is 44.4 Å². The molecule has 1 unspecified atom stereocenters. The van der Waals surface area contributed by atoms with Gasteiger partial charge in [-0.1, -0.05) is 61.9 Å². The van der Waals surface area contributed by atoms with Crippen molar-refractivity contribution in [2.75, 3.05) is 19.7 Å². The second-order valence-corrected chi connectivity index (χ2v) is 8.97. The second kappa shape index (κ2) is 9.85. The topological polar surface area (TPSA) is 116 Å². The van der Waals surface area contributed by atoms with Gasteiger partial charge in [-0.3, -0.25) is 4.79 Å². The minimum atomic E-state index is -1.81. The van der Waals surface area contributed by atoms with E-state index in [0.29, 0.717) is 12.8 Å². The van der Waals surface area contributed by atoms with Crippen molar-refractivity contribution in [3.05, 3.63) is 59.7 Å². The number of carboxylic acid groups (broad SMARTS) is 1. The molecular weight excluding hydrogens is 436 g/mol. The Balaban J connectivity index is 1.38. The zero-order chi connectivity index (χ0) is 24.3. The number of carbonyl (C=O) groups excluding carboxylic acids is 2. The number of aliphatic hydroxyl groups is 1. The van der Waals surface area contributed by atoms with Gasteiger partial charge in [0.2, 0.25) is 5.91 Å². The number of fused-ring (bicyclic) bond motifs is 3. The summed E-state index contributed by atoms with van der Waals surface area (Å²) in [4.78, 5) is 38.4. The molecule has 34 heavy (non-hydrogen) atoms. The van der Waals surface area contributed by atoms with Crippen LogP contribution in [0.3, 0.4) is 0 Å². The number of hydrogen-bond acceptors (Lipinski definition) is 5. The molecule has 0 aromatic heterocycles. The number of aliphatic carboxylic acids is 1. The zero-order valence-electron chi connectivity index (χ0n) is 19.2. The second-order valence-electron chi connectivity index (χ2n) is 8.97. The molecule has 2 amide bonds. The third kappa shape index (κ3) is 4.63. The predicted octanol–water partition coefficient (Wildman–Crippen LogP) is 3.13. The first-order valence-corrected chi connectivity index (χ1v) is 11.7. The Kier molecular flexibility index (Phi) is 6.88. The van der Waals surface area contributed by atoms with E-state index in [2.05, 4.69) is 17.4 Å². The van der Waals surface area contributed by atoms with E-state index in [4.69, 9.17) is 4.74 Å². The molecular formula is C26H30N2O6. The van der Waals surface area contributed by atoms with Crippen molar-refractivity contribution in [3.63, 3.8) is 0 Å². The van der Waals surface area contributed by atoms with E-state index in [1.165, 1.54) is 4.90 Å². The molecule has 0 bridgehead atoms. The van der Waals surface area contributed by atoms with Crippen molar-refractivity contribution >= 4 is 18.0 Å². The SMILES string of the molecule is CCCC(NC(=O)OCC1c2ccccc2-c2ccccc21)C(=O)N1CCC(O)(C(=O)O)CC1. The molecule has 180 valence electrons. The summed E-state index contributed by atoms with van der Waals surface area (Å²) in [5.74, 6) is -1.64. The number of benzene rings is 2. The molecule has 0 spiro atoms. The van der Waals surface area contributed by atoms with E-state index < -0.39 is 23.7 Å². The molecule has 1 aliphatic heterocycles. The molecule has 2 aromatic carbocycles. The summed E-state index contributed by atoms with van der Waals surface area (Å²) in [5, 5.41) is 22.0. The number of carboxylic acids is 1. The van der Waals surface area contributed by atoms with Crippen LogP contribution in [0, 0.1) is 0 Å². The molecule has 8 nitrogen and oxygen atoms in total. The summed E-state index contributed by atoms with van der Waals surface area (Å²) >= 11 is 0. The largest absolute Gasteiger partial charge is 0.479 e. The molecule has 8 heteroatoms. The first-order chi connectivity index (χ1) is 16.3. The number of alkyl carbamates (subject to hydrolysis) is 1. The van der Waals surface area contributed by atoms with Crippen molar-refractivity contribution in [2.45, 2.75) is 50.2 Å². The molecule has 0 radical (unpaired) electrons. The van der Waals surface area contributed by atoms with Crippen LogP contribution in [0.5, 0.6) is 0 Å². The third-order valence-electron chi connectivity index (χ3n) is 6.81. The summed E-state index contributed by atoms with van der Waals surface area (Å²) in [6.07, 6.45) is 0.360. The van der Waals surface area contributed by atoms with Crippen LogP contribution in [0.15, 0.2) is 48.5 Å². The first kappa shape index (κ1) is 23.8. The van der Waals surface area contributed by atoms with Crippen LogP contribution in [0.25, 0.3) is 11.1 Å². The molecule has 1 heterocycles. The third-order valence-corrected chi connectivity index (χ3v) is 6.81. The molecule has 1 saturated heterocycles. The predicted molar refractivity (Wildman–Crippen MR) is 125 cm³/mol. The van der Waals surface area contributed by atoms with Gasteiger partial charge >= 0.3 is 12.1 Å². The number of ether oxygens (including phenoxy) is 1. The van der Waals surface area contributed by atoms with Gasteiger partial charge in [0.15, 0.2) is 5.60 Å². The lowest BCUT2D eigenvalue weighted by atomic mass is 9.91. The number of nitrogens with zero attached hydrogens (tertiary/aromatic N) is 1. The van der Waals surface area contributed by atoms with Crippen LogP contribution in [-0.4, -0.2) is 64.4 Å². The van der Waals surface area contributed by atoms with Crippen LogP contribution in [0.2, 0.25) is 0 Å². The van der Waals surface area contributed by atoms with Gasteiger partial charge in [0.05, 0.1) is 0 Å². The number of likely N-dealkylation sites (tertiary alicyclic amines) is 1. The van der Waals surface area contributed by atoms with Crippen LogP contribution >= 0.6 is 0 Å². The average molecular weight is 467 g/mol. The monoisotopic (exact) mass is 466 g/mol. The average Bonchev–Trinajstić information content (AvgIpc) is 3.16. The highest BCUT2D eigenvalue weighted by atomic mass is 16.5. The normalized spacial score (nSPS) is 17.4. The summed E-state index contributed by atoms with van der Waals surface area (Å²) in [6, 6.07) is 15.4. The van der Waals surface area contributed by atoms with Gasteiger partial charge in [-0.05, 0) is 28.7 Å². The lowest BCUT2D eigenvalue weighted by Crippen LogP contribution is -2.55. The Labute approximate surface area is 198 Å². The van der Waals surface area contributed by atoms with E-state index in [0.717, 1.165) is 22.3 Å². The van der Waals surface area contributed by atoms with Crippen molar-refractivity contribution in [1.29, 1.82) is 0 Å². The Morgan fingerprint density at radius 3 is 2.15 bits per heavy atom. The maximum absolute atomic E-state index is 13.0. The quantitative estimate of drug-likeness (QED) is 0.577. The Bertz CT molecular complexity index is 1030. The van der Waals surface area contributed by atoms with Crippen molar-refractivity contribution in [2.24, 2.45) is 0 Å². The maximum Gasteiger partial charge on any atom is 0.407 e. The minimum absolute atomic E-state index is 0.0438. The standard InChI is InChI=1S/C26H30N2O6/c1-2-7-22(23(29)28-14-12-26(33,13-15-28)24(30)31)27-25(32)34-16-21-19-10-5-3-8-17(19)18-9-4-6-11-20(18)21/h3-6,8-11,21-22,33H,2,7,12-16H2,1H3,(H,27,32)(H,30,31). The van der Waals surface area contributed by atoms with Crippen LogP contribution in [0.4, 0.5) is 4.79 Å². The number of piperidine rings is 1. The molecule has 1 aliphatic carbocycles. The van der Waals surface area contributed by atoms with Gasteiger partial charge < -0.3 is 25.2 Å². The number of nitrogens with one attached hydrogen (secondary N) is 1. The van der Waals surface area contributed by atoms with Crippen LogP contribution in [0.1, 0.15) is 49.7 Å². The maximum atomic E-state index is 13.0. The van der Waals surface area contributed by atoms with Crippen molar-refractivity contribution < 1.29 is 29.3 Å². The Morgan fingerprint density at radius 1 is 1.06 bits per heavy atom. The molecule has 3 N–H and O–H groups in total. The first-order valence-electron chi connectivity index (χ1n) is 11.7. The fourth-order valence-corrected chi connectivity index (χ4v) is 4.86. The fourth-order valence-electron chi connectivity index (χ4n) is 4.86. The Hall–Kier alpha value is -3.39. The van der Waals surface area contributed by atoms with Gasteiger partial charge in [0, 0.05) is 31.8 Å². The molecule has 0 saturated carbocycles. The van der Waals surface area contributed by atoms with E-state index in [1.807, 2.05) is 43.3 Å². The molecule has 2 aromatic rings. The number of amides is 2. The fraction of sp³-hybridized carbons (Fsp3) is 0.423. The zero-order valence-corrected chi connectivity index (χ0v) is 19.2. The molecule has 4 rings (SSSR count). The summed E-state index contributed by atoms with van der Waals surface area (Å²) in [6.45, 7) is 2.31. The number of hydrogen-bond donors (Lipinski definition) is 3. The number of carbonyl (C=O) groups is 3. The molecule has 2 aliphatic rings. The molecule has 1 atom stereocenters. The van der Waals surface area contributed by atoms with Gasteiger partial charge in [-0.2, -0.15) is 0 Å². The van der Waals surface area contributed by atoms with Gasteiger partial charge in [-0.15, -0.1) is 0 Å². The van der Waals surface area contributed by atoms with E-state index >= 15 is 0 Å².